The Bertz CT molecular complexity index is 781. The minimum atomic E-state index is -0.462. The third kappa shape index (κ3) is 5.65. The first-order valence-electron chi connectivity index (χ1n) is 9.86. The molecule has 1 amide bonds. The SMILES string of the molecule is CC(C)(C)OC(=O)N1CCC(N(Cc2cccc(Cl)c2)c2ccccc2)CC1. The second kappa shape index (κ2) is 8.87. The zero-order valence-electron chi connectivity index (χ0n) is 16.9. The van der Waals surface area contributed by atoms with Crippen molar-refractivity contribution < 1.29 is 9.53 Å². The smallest absolute Gasteiger partial charge is 0.410 e. The lowest BCUT2D eigenvalue weighted by molar-refractivity contribution is 0.0204. The van der Waals surface area contributed by atoms with Crippen molar-refractivity contribution in [3.05, 3.63) is 65.2 Å². The molecule has 0 radical (unpaired) electrons. The van der Waals surface area contributed by atoms with Crippen LogP contribution in [-0.4, -0.2) is 35.7 Å². The number of rotatable bonds is 4. The van der Waals surface area contributed by atoms with Gasteiger partial charge in [0.2, 0.25) is 0 Å². The molecule has 5 heteroatoms. The third-order valence-electron chi connectivity index (χ3n) is 4.89. The molecule has 4 nitrogen and oxygen atoms in total. The summed E-state index contributed by atoms with van der Waals surface area (Å²) in [6, 6.07) is 18.8. The first-order valence-corrected chi connectivity index (χ1v) is 10.2. The molecule has 0 saturated carbocycles. The van der Waals surface area contributed by atoms with Gasteiger partial charge in [-0.3, -0.25) is 0 Å². The van der Waals surface area contributed by atoms with Gasteiger partial charge in [0.25, 0.3) is 0 Å². The van der Waals surface area contributed by atoms with Crippen LogP contribution in [0.5, 0.6) is 0 Å². The molecule has 2 aromatic carbocycles. The number of amides is 1. The molecule has 1 fully saturated rings. The second-order valence-corrected chi connectivity index (χ2v) is 8.73. The molecular formula is C23H29ClN2O2. The number of hydrogen-bond acceptors (Lipinski definition) is 3. The summed E-state index contributed by atoms with van der Waals surface area (Å²) in [6.45, 7) is 7.91. The Kier molecular flexibility index (Phi) is 6.50. The minimum absolute atomic E-state index is 0.216. The number of anilines is 1. The van der Waals surface area contributed by atoms with Gasteiger partial charge in [-0.1, -0.05) is 41.9 Å². The number of piperidine rings is 1. The fourth-order valence-electron chi connectivity index (χ4n) is 3.57. The minimum Gasteiger partial charge on any atom is -0.444 e. The summed E-state index contributed by atoms with van der Waals surface area (Å²) in [5.74, 6) is 0. The average Bonchev–Trinajstić information content (AvgIpc) is 2.66. The van der Waals surface area contributed by atoms with Crippen LogP contribution in [0.3, 0.4) is 0 Å². The molecule has 0 spiro atoms. The Morgan fingerprint density at radius 3 is 2.39 bits per heavy atom. The Labute approximate surface area is 173 Å². The van der Waals surface area contributed by atoms with Crippen molar-refractivity contribution in [2.75, 3.05) is 18.0 Å². The van der Waals surface area contributed by atoms with E-state index in [-0.39, 0.29) is 6.09 Å². The van der Waals surface area contributed by atoms with Crippen LogP contribution in [0.2, 0.25) is 5.02 Å². The molecule has 1 heterocycles. The van der Waals surface area contributed by atoms with Gasteiger partial charge in [-0.15, -0.1) is 0 Å². The van der Waals surface area contributed by atoms with E-state index in [2.05, 4.69) is 35.2 Å². The monoisotopic (exact) mass is 400 g/mol. The normalized spacial score (nSPS) is 15.4. The average molecular weight is 401 g/mol. The fraction of sp³-hybridized carbons (Fsp3) is 0.435. The van der Waals surface area contributed by atoms with Crippen LogP contribution in [0.4, 0.5) is 10.5 Å². The highest BCUT2D eigenvalue weighted by molar-refractivity contribution is 6.30. The molecule has 0 aliphatic carbocycles. The third-order valence-corrected chi connectivity index (χ3v) is 5.12. The predicted molar refractivity (Wildman–Crippen MR) is 115 cm³/mol. The molecule has 1 aliphatic rings. The quantitative estimate of drug-likeness (QED) is 0.655. The molecule has 2 aromatic rings. The van der Waals surface area contributed by atoms with Crippen LogP contribution >= 0.6 is 11.6 Å². The highest BCUT2D eigenvalue weighted by Gasteiger charge is 2.29. The lowest BCUT2D eigenvalue weighted by atomic mass is 10.0. The van der Waals surface area contributed by atoms with Gasteiger partial charge in [-0.2, -0.15) is 0 Å². The predicted octanol–water partition coefficient (Wildman–Crippen LogP) is 5.75. The van der Waals surface area contributed by atoms with Crippen LogP contribution in [-0.2, 0) is 11.3 Å². The van der Waals surface area contributed by atoms with Crippen molar-refractivity contribution in [1.82, 2.24) is 4.90 Å². The molecule has 0 N–H and O–H groups in total. The van der Waals surface area contributed by atoms with E-state index >= 15 is 0 Å². The molecule has 0 atom stereocenters. The van der Waals surface area contributed by atoms with Crippen molar-refractivity contribution in [3.8, 4) is 0 Å². The van der Waals surface area contributed by atoms with Crippen molar-refractivity contribution in [3.63, 3.8) is 0 Å². The van der Waals surface area contributed by atoms with Gasteiger partial charge in [-0.05, 0) is 63.4 Å². The topological polar surface area (TPSA) is 32.8 Å². The van der Waals surface area contributed by atoms with Gasteiger partial charge < -0.3 is 14.5 Å². The standard InChI is InChI=1S/C23H29ClN2O2/c1-23(2,3)28-22(27)25-14-12-21(13-15-25)26(20-10-5-4-6-11-20)17-18-8-7-9-19(24)16-18/h4-11,16,21H,12-15,17H2,1-3H3. The van der Waals surface area contributed by atoms with Crippen LogP contribution in [0, 0.1) is 0 Å². The molecule has 1 aliphatic heterocycles. The summed E-state index contributed by atoms with van der Waals surface area (Å²) in [7, 11) is 0. The van der Waals surface area contributed by atoms with E-state index in [1.165, 1.54) is 11.3 Å². The number of halogens is 1. The highest BCUT2D eigenvalue weighted by Crippen LogP contribution is 2.27. The lowest BCUT2D eigenvalue weighted by Gasteiger charge is -2.40. The van der Waals surface area contributed by atoms with Crippen LogP contribution in [0.25, 0.3) is 0 Å². The van der Waals surface area contributed by atoms with Crippen LogP contribution in [0.1, 0.15) is 39.2 Å². The fourth-order valence-corrected chi connectivity index (χ4v) is 3.78. The van der Waals surface area contributed by atoms with E-state index in [1.807, 2.05) is 49.9 Å². The summed E-state index contributed by atoms with van der Waals surface area (Å²) >= 11 is 6.19. The largest absolute Gasteiger partial charge is 0.444 e. The number of benzene rings is 2. The van der Waals surface area contributed by atoms with E-state index in [0.29, 0.717) is 19.1 Å². The maximum absolute atomic E-state index is 12.4. The molecule has 0 aromatic heterocycles. The zero-order valence-corrected chi connectivity index (χ0v) is 17.7. The molecule has 0 bridgehead atoms. The number of ether oxygens (including phenoxy) is 1. The maximum Gasteiger partial charge on any atom is 0.410 e. The Morgan fingerprint density at radius 2 is 1.79 bits per heavy atom. The van der Waals surface area contributed by atoms with Crippen molar-refractivity contribution in [2.45, 2.75) is 51.8 Å². The van der Waals surface area contributed by atoms with Crippen molar-refractivity contribution >= 4 is 23.4 Å². The van der Waals surface area contributed by atoms with Gasteiger partial charge in [0.15, 0.2) is 0 Å². The van der Waals surface area contributed by atoms with E-state index in [4.69, 9.17) is 16.3 Å². The summed E-state index contributed by atoms with van der Waals surface area (Å²) in [5, 5.41) is 0.755. The lowest BCUT2D eigenvalue weighted by Crippen LogP contribution is -2.48. The molecule has 150 valence electrons. The number of hydrogen-bond donors (Lipinski definition) is 0. The first-order chi connectivity index (χ1) is 13.3. The van der Waals surface area contributed by atoms with Gasteiger partial charge >= 0.3 is 6.09 Å². The summed E-state index contributed by atoms with van der Waals surface area (Å²) in [4.78, 5) is 16.6. The van der Waals surface area contributed by atoms with E-state index < -0.39 is 5.60 Å². The number of likely N-dealkylation sites (tertiary alicyclic amines) is 1. The number of carbonyl (C=O) groups excluding carboxylic acids is 1. The van der Waals surface area contributed by atoms with Gasteiger partial charge in [0, 0.05) is 36.4 Å². The van der Waals surface area contributed by atoms with E-state index in [9.17, 15) is 4.79 Å². The summed E-state index contributed by atoms with van der Waals surface area (Å²) in [6.07, 6.45) is 1.61. The second-order valence-electron chi connectivity index (χ2n) is 8.29. The Hall–Kier alpha value is -2.20. The number of nitrogens with zero attached hydrogens (tertiary/aromatic N) is 2. The van der Waals surface area contributed by atoms with Gasteiger partial charge in [-0.25, -0.2) is 4.79 Å². The molecule has 0 unspecified atom stereocenters. The van der Waals surface area contributed by atoms with E-state index in [0.717, 1.165) is 24.4 Å². The zero-order chi connectivity index (χ0) is 20.1. The molecule has 3 rings (SSSR count). The highest BCUT2D eigenvalue weighted by atomic mass is 35.5. The van der Waals surface area contributed by atoms with Gasteiger partial charge in [0.05, 0.1) is 0 Å². The van der Waals surface area contributed by atoms with Crippen molar-refractivity contribution in [2.24, 2.45) is 0 Å². The van der Waals surface area contributed by atoms with E-state index in [1.54, 1.807) is 0 Å². The van der Waals surface area contributed by atoms with Crippen LogP contribution < -0.4 is 4.90 Å². The number of para-hydroxylation sites is 1. The molecular weight excluding hydrogens is 372 g/mol. The number of carbonyl (C=O) groups is 1. The summed E-state index contributed by atoms with van der Waals surface area (Å²) < 4.78 is 5.53. The van der Waals surface area contributed by atoms with Crippen molar-refractivity contribution in [1.29, 1.82) is 0 Å². The van der Waals surface area contributed by atoms with Gasteiger partial charge in [0.1, 0.15) is 5.60 Å². The van der Waals surface area contributed by atoms with Crippen LogP contribution in [0.15, 0.2) is 54.6 Å². The molecule has 28 heavy (non-hydrogen) atoms. The first kappa shape index (κ1) is 20.5. The maximum atomic E-state index is 12.4. The molecule has 1 saturated heterocycles. The Balaban J connectivity index is 1.71. The summed E-state index contributed by atoms with van der Waals surface area (Å²) in [5.41, 5.74) is 1.92. The Morgan fingerprint density at radius 1 is 1.11 bits per heavy atom.